The number of carbonyl (C=O) groups is 1. The predicted molar refractivity (Wildman–Crippen MR) is 56.3 cm³/mol. The fraction of sp³-hybridized carbons (Fsp3) is 0.700. The Labute approximate surface area is 153 Å². The van der Waals surface area contributed by atoms with Crippen molar-refractivity contribution in [1.82, 2.24) is 0 Å². The molecule has 0 aliphatic carbocycles. The summed E-state index contributed by atoms with van der Waals surface area (Å²) >= 11 is 0. The molecule has 0 radical (unpaired) electrons. The molecule has 8 heteroatoms. The number of hydrogen-bond acceptors (Lipinski definition) is 5. The largest absolute Gasteiger partial charge is 1.00 e. The van der Waals surface area contributed by atoms with Gasteiger partial charge in [0.2, 0.25) is 0 Å². The summed E-state index contributed by atoms with van der Waals surface area (Å²) in [5.41, 5.74) is 0.394. The third kappa shape index (κ3) is 9.09. The van der Waals surface area contributed by atoms with Gasteiger partial charge in [-0.15, -0.1) is 0 Å². The standard InChI is InChI=1S/C10H18O5S.2Na/c1-4-5-7(2)9(16(13,14)15)6-8(3)10(11)12;;/h5,8-9H,4,6H2,1-3H3,(H,11,12)(H,13,14,15);;/q;2*+1/p-2/b7-5+;;. The molecule has 0 heterocycles. The van der Waals surface area contributed by atoms with E-state index in [0.29, 0.717) is 12.0 Å². The van der Waals surface area contributed by atoms with Crippen LogP contribution in [-0.2, 0) is 14.9 Å². The molecule has 0 amide bonds. The topological polar surface area (TPSA) is 97.3 Å². The zero-order valence-electron chi connectivity index (χ0n) is 11.6. The maximum absolute atomic E-state index is 11.0. The number of carboxylic acid groups (broad SMARTS) is 1. The van der Waals surface area contributed by atoms with Gasteiger partial charge in [-0.05, 0) is 25.7 Å². The summed E-state index contributed by atoms with van der Waals surface area (Å²) in [4.78, 5) is 10.5. The smallest absolute Gasteiger partial charge is 0.747 e. The molecule has 2 atom stereocenters. The van der Waals surface area contributed by atoms with E-state index in [1.807, 2.05) is 0 Å². The first kappa shape index (κ1) is 24.2. The zero-order chi connectivity index (χ0) is 12.9. The molecule has 0 rings (SSSR count). The van der Waals surface area contributed by atoms with E-state index in [2.05, 4.69) is 0 Å². The average molecular weight is 294 g/mol. The van der Waals surface area contributed by atoms with E-state index in [1.54, 1.807) is 13.0 Å². The molecular weight excluding hydrogens is 278 g/mol. The second-order valence-electron chi connectivity index (χ2n) is 3.79. The first-order valence-corrected chi connectivity index (χ1v) is 6.49. The summed E-state index contributed by atoms with van der Waals surface area (Å²) in [6.45, 7) is 4.65. The Morgan fingerprint density at radius 3 is 2.06 bits per heavy atom. The van der Waals surface area contributed by atoms with Crippen molar-refractivity contribution in [3.05, 3.63) is 11.6 Å². The average Bonchev–Trinajstić information content (AvgIpc) is 2.11. The van der Waals surface area contributed by atoms with Crippen molar-refractivity contribution in [2.24, 2.45) is 5.92 Å². The molecule has 0 saturated heterocycles. The monoisotopic (exact) mass is 294 g/mol. The van der Waals surface area contributed by atoms with Crippen LogP contribution in [0, 0.1) is 5.92 Å². The van der Waals surface area contributed by atoms with Crippen molar-refractivity contribution in [3.8, 4) is 0 Å². The summed E-state index contributed by atoms with van der Waals surface area (Å²) in [6.07, 6.45) is 1.97. The van der Waals surface area contributed by atoms with Crippen LogP contribution in [0.15, 0.2) is 11.6 Å². The molecule has 5 nitrogen and oxygen atoms in total. The maximum Gasteiger partial charge on any atom is 1.00 e. The summed E-state index contributed by atoms with van der Waals surface area (Å²) in [6, 6.07) is 0. The van der Waals surface area contributed by atoms with E-state index >= 15 is 0 Å². The molecule has 0 aromatic carbocycles. The Morgan fingerprint density at radius 1 is 1.33 bits per heavy atom. The van der Waals surface area contributed by atoms with Gasteiger partial charge in [0.15, 0.2) is 0 Å². The van der Waals surface area contributed by atoms with Gasteiger partial charge in [0, 0.05) is 5.97 Å². The zero-order valence-corrected chi connectivity index (χ0v) is 16.4. The van der Waals surface area contributed by atoms with Crippen LogP contribution >= 0.6 is 0 Å². The molecular formula is C10H16Na2O5S. The minimum absolute atomic E-state index is 0. The molecule has 0 fully saturated rings. The van der Waals surface area contributed by atoms with Crippen LogP contribution in [0.4, 0.5) is 0 Å². The third-order valence-electron chi connectivity index (χ3n) is 2.35. The van der Waals surface area contributed by atoms with E-state index in [9.17, 15) is 22.9 Å². The molecule has 0 aliphatic heterocycles. The second-order valence-corrected chi connectivity index (χ2v) is 5.35. The quantitative estimate of drug-likeness (QED) is 0.276. The van der Waals surface area contributed by atoms with Crippen LogP contribution in [0.1, 0.15) is 33.6 Å². The van der Waals surface area contributed by atoms with Gasteiger partial charge in [-0.25, -0.2) is 8.42 Å². The van der Waals surface area contributed by atoms with Gasteiger partial charge in [0.05, 0.1) is 5.25 Å². The minimum Gasteiger partial charge on any atom is -0.747 e. The Hall–Kier alpha value is 1.12. The van der Waals surface area contributed by atoms with E-state index in [1.165, 1.54) is 13.8 Å². The SMILES string of the molecule is CC/C=C(\C)C(CC(C)C(=O)[O-])S(=O)(=O)[O-].[Na+].[Na+]. The molecule has 0 bridgehead atoms. The minimum atomic E-state index is -4.52. The number of rotatable bonds is 6. The van der Waals surface area contributed by atoms with Crippen LogP contribution in [0.2, 0.25) is 0 Å². The Morgan fingerprint density at radius 2 is 1.78 bits per heavy atom. The first-order valence-electron chi connectivity index (χ1n) is 5.02. The summed E-state index contributed by atoms with van der Waals surface area (Å²) < 4.78 is 33.0. The summed E-state index contributed by atoms with van der Waals surface area (Å²) in [5, 5.41) is 9.24. The molecule has 0 saturated carbocycles. The van der Waals surface area contributed by atoms with Crippen molar-refractivity contribution in [3.63, 3.8) is 0 Å². The fourth-order valence-corrected chi connectivity index (χ4v) is 2.48. The van der Waals surface area contributed by atoms with E-state index in [0.717, 1.165) is 0 Å². The van der Waals surface area contributed by atoms with Crippen molar-refractivity contribution in [1.29, 1.82) is 0 Å². The van der Waals surface area contributed by atoms with Gasteiger partial charge < -0.3 is 14.5 Å². The van der Waals surface area contributed by atoms with Crippen molar-refractivity contribution in [2.45, 2.75) is 38.9 Å². The molecule has 18 heavy (non-hydrogen) atoms. The Balaban J connectivity index is -0.00000112. The van der Waals surface area contributed by atoms with Gasteiger partial charge in [-0.2, -0.15) is 0 Å². The second kappa shape index (κ2) is 10.9. The van der Waals surface area contributed by atoms with Crippen LogP contribution in [0.25, 0.3) is 0 Å². The molecule has 0 aromatic rings. The van der Waals surface area contributed by atoms with Gasteiger partial charge >= 0.3 is 59.1 Å². The van der Waals surface area contributed by atoms with E-state index < -0.39 is 27.3 Å². The first-order chi connectivity index (χ1) is 7.20. The predicted octanol–water partition coefficient (Wildman–Crippen LogP) is -5.96. The molecule has 0 N–H and O–H groups in total. The number of hydrogen-bond donors (Lipinski definition) is 0. The van der Waals surface area contributed by atoms with Crippen LogP contribution < -0.4 is 64.2 Å². The van der Waals surface area contributed by atoms with Gasteiger partial charge in [-0.3, -0.25) is 0 Å². The van der Waals surface area contributed by atoms with Crippen molar-refractivity contribution >= 4 is 16.1 Å². The molecule has 0 spiro atoms. The number of aliphatic carboxylic acids is 1. The van der Waals surface area contributed by atoms with E-state index in [4.69, 9.17) is 0 Å². The molecule has 94 valence electrons. The van der Waals surface area contributed by atoms with E-state index in [-0.39, 0.29) is 65.5 Å². The van der Waals surface area contributed by atoms with Gasteiger partial charge in [0.25, 0.3) is 0 Å². The molecule has 2 unspecified atom stereocenters. The summed E-state index contributed by atoms with van der Waals surface area (Å²) in [5.74, 6) is -2.31. The van der Waals surface area contributed by atoms with Crippen LogP contribution in [0.3, 0.4) is 0 Å². The van der Waals surface area contributed by atoms with Crippen molar-refractivity contribution in [2.75, 3.05) is 0 Å². The van der Waals surface area contributed by atoms with Crippen LogP contribution in [0.5, 0.6) is 0 Å². The van der Waals surface area contributed by atoms with Crippen LogP contribution in [-0.4, -0.2) is 24.2 Å². The normalized spacial score (nSPS) is 15.0. The van der Waals surface area contributed by atoms with Crippen molar-refractivity contribution < 1.29 is 82.0 Å². The summed E-state index contributed by atoms with van der Waals surface area (Å²) in [7, 11) is -4.52. The molecule has 0 aliphatic rings. The number of carbonyl (C=O) groups excluding carboxylic acids is 1. The maximum atomic E-state index is 11.0. The third-order valence-corrected chi connectivity index (χ3v) is 3.61. The fourth-order valence-electron chi connectivity index (χ4n) is 1.40. The number of carboxylic acids is 1. The number of allylic oxidation sites excluding steroid dienone is 1. The Bertz CT molecular complexity index is 378. The molecule has 0 aromatic heterocycles. The van der Waals surface area contributed by atoms with Gasteiger partial charge in [-0.1, -0.05) is 25.5 Å². The van der Waals surface area contributed by atoms with Gasteiger partial charge in [0.1, 0.15) is 10.1 Å². The Kier molecular flexibility index (Phi) is 14.6.